The van der Waals surface area contributed by atoms with Crippen molar-refractivity contribution >= 4 is 28.0 Å². The molecular formula is C14H14BrNO4. The van der Waals surface area contributed by atoms with Gasteiger partial charge in [0.1, 0.15) is 11.6 Å². The molecule has 0 aromatic heterocycles. The Balaban J connectivity index is 3.17. The summed E-state index contributed by atoms with van der Waals surface area (Å²) in [5.74, 6) is -0.501. The van der Waals surface area contributed by atoms with Gasteiger partial charge in [0.15, 0.2) is 11.5 Å². The fraction of sp³-hybridized carbons (Fsp3) is 0.286. The molecule has 0 radical (unpaired) electrons. The molecule has 0 atom stereocenters. The number of carbonyl (C=O) groups is 1. The van der Waals surface area contributed by atoms with Gasteiger partial charge in [-0.2, -0.15) is 5.26 Å². The van der Waals surface area contributed by atoms with Gasteiger partial charge in [0, 0.05) is 0 Å². The third-order valence-corrected chi connectivity index (χ3v) is 2.87. The molecule has 5 nitrogen and oxygen atoms in total. The van der Waals surface area contributed by atoms with E-state index in [2.05, 4.69) is 15.9 Å². The Morgan fingerprint density at radius 1 is 1.50 bits per heavy atom. The van der Waals surface area contributed by atoms with Gasteiger partial charge in [0.05, 0.1) is 17.7 Å². The molecule has 0 aliphatic carbocycles. The van der Waals surface area contributed by atoms with Crippen LogP contribution in [0.1, 0.15) is 19.4 Å². The molecule has 1 rings (SSSR count). The minimum atomic E-state index is -0.689. The van der Waals surface area contributed by atoms with Crippen molar-refractivity contribution in [3.05, 3.63) is 27.7 Å². The number of nitriles is 1. The van der Waals surface area contributed by atoms with E-state index in [-0.39, 0.29) is 23.2 Å². The molecule has 106 valence electrons. The number of nitrogens with zero attached hydrogens (tertiary/aromatic N) is 1. The minimum Gasteiger partial charge on any atom is -0.503 e. The van der Waals surface area contributed by atoms with Crippen LogP contribution in [0.2, 0.25) is 0 Å². The van der Waals surface area contributed by atoms with E-state index in [1.54, 1.807) is 26.0 Å². The van der Waals surface area contributed by atoms with Crippen LogP contribution in [0.15, 0.2) is 22.2 Å². The second-order valence-corrected chi connectivity index (χ2v) is 5.03. The van der Waals surface area contributed by atoms with Crippen LogP contribution in [0.25, 0.3) is 6.08 Å². The predicted octanol–water partition coefficient (Wildman–Crippen LogP) is 3.02. The Bertz CT molecular complexity index is 588. The number of methoxy groups -OCH3 is 1. The smallest absolute Gasteiger partial charge is 0.349 e. The fourth-order valence-corrected chi connectivity index (χ4v) is 1.87. The molecular weight excluding hydrogens is 326 g/mol. The summed E-state index contributed by atoms with van der Waals surface area (Å²) in [5, 5.41) is 18.7. The summed E-state index contributed by atoms with van der Waals surface area (Å²) in [6.07, 6.45) is 1.07. The van der Waals surface area contributed by atoms with Crippen LogP contribution in [0.5, 0.6) is 11.5 Å². The number of phenols is 1. The number of rotatable bonds is 4. The second-order valence-electron chi connectivity index (χ2n) is 4.18. The first-order valence-corrected chi connectivity index (χ1v) is 6.57. The van der Waals surface area contributed by atoms with Gasteiger partial charge in [-0.3, -0.25) is 0 Å². The van der Waals surface area contributed by atoms with Gasteiger partial charge in [-0.25, -0.2) is 4.79 Å². The molecule has 0 aliphatic rings. The lowest BCUT2D eigenvalue weighted by atomic mass is 10.1. The average molecular weight is 340 g/mol. The Morgan fingerprint density at radius 2 is 2.15 bits per heavy atom. The van der Waals surface area contributed by atoms with E-state index < -0.39 is 5.97 Å². The van der Waals surface area contributed by atoms with E-state index in [0.717, 1.165) is 0 Å². The van der Waals surface area contributed by atoms with Crippen molar-refractivity contribution in [1.29, 1.82) is 5.26 Å². The normalized spacial score (nSPS) is 11.1. The molecule has 0 spiro atoms. The highest BCUT2D eigenvalue weighted by atomic mass is 79.9. The maximum atomic E-state index is 11.7. The van der Waals surface area contributed by atoms with Crippen LogP contribution >= 0.6 is 15.9 Å². The third-order valence-electron chi connectivity index (χ3n) is 2.26. The van der Waals surface area contributed by atoms with Crippen molar-refractivity contribution in [2.24, 2.45) is 0 Å². The number of aromatic hydroxyl groups is 1. The lowest BCUT2D eigenvalue weighted by Crippen LogP contribution is -2.12. The van der Waals surface area contributed by atoms with E-state index in [1.165, 1.54) is 19.3 Å². The molecule has 0 heterocycles. The highest BCUT2D eigenvalue weighted by Crippen LogP contribution is 2.35. The molecule has 1 aromatic rings. The first-order valence-electron chi connectivity index (χ1n) is 5.78. The highest BCUT2D eigenvalue weighted by molar-refractivity contribution is 9.10. The molecule has 1 aromatic carbocycles. The molecule has 1 N–H and O–H groups in total. The van der Waals surface area contributed by atoms with Crippen LogP contribution in [-0.4, -0.2) is 24.3 Å². The molecule has 6 heteroatoms. The Hall–Kier alpha value is -2.00. The zero-order chi connectivity index (χ0) is 15.3. The van der Waals surface area contributed by atoms with Gasteiger partial charge in [-0.15, -0.1) is 0 Å². The first kappa shape index (κ1) is 16.1. The van der Waals surface area contributed by atoms with Crippen molar-refractivity contribution in [2.45, 2.75) is 20.0 Å². The summed E-state index contributed by atoms with van der Waals surface area (Å²) in [6.45, 7) is 3.40. The van der Waals surface area contributed by atoms with E-state index in [9.17, 15) is 9.90 Å². The number of hydrogen-bond acceptors (Lipinski definition) is 5. The topological polar surface area (TPSA) is 79.5 Å². The molecule has 0 aliphatic heterocycles. The summed E-state index contributed by atoms with van der Waals surface area (Å²) < 4.78 is 10.4. The number of hydrogen-bond donors (Lipinski definition) is 1. The molecule has 0 saturated heterocycles. The van der Waals surface area contributed by atoms with E-state index in [1.807, 2.05) is 0 Å². The quantitative estimate of drug-likeness (QED) is 0.518. The SMILES string of the molecule is COc1cc(C=C(C#N)C(=O)OC(C)C)cc(Br)c1O. The van der Waals surface area contributed by atoms with Crippen molar-refractivity contribution in [3.63, 3.8) is 0 Å². The van der Waals surface area contributed by atoms with E-state index in [4.69, 9.17) is 14.7 Å². The lowest BCUT2D eigenvalue weighted by molar-refractivity contribution is -0.142. The zero-order valence-electron chi connectivity index (χ0n) is 11.3. The van der Waals surface area contributed by atoms with Crippen LogP contribution in [0.3, 0.4) is 0 Å². The maximum absolute atomic E-state index is 11.7. The van der Waals surface area contributed by atoms with Crippen molar-refractivity contribution in [1.82, 2.24) is 0 Å². The summed E-state index contributed by atoms with van der Waals surface area (Å²) in [7, 11) is 1.41. The van der Waals surface area contributed by atoms with Crippen molar-refractivity contribution in [3.8, 4) is 17.6 Å². The number of ether oxygens (including phenoxy) is 2. The predicted molar refractivity (Wildman–Crippen MR) is 77.2 cm³/mol. The summed E-state index contributed by atoms with van der Waals surface area (Å²) in [6, 6.07) is 4.88. The van der Waals surface area contributed by atoms with E-state index >= 15 is 0 Å². The summed E-state index contributed by atoms with van der Waals surface area (Å²) >= 11 is 3.17. The molecule has 0 unspecified atom stereocenters. The van der Waals surface area contributed by atoms with Crippen LogP contribution in [-0.2, 0) is 9.53 Å². The number of halogens is 1. The van der Waals surface area contributed by atoms with Crippen molar-refractivity contribution in [2.75, 3.05) is 7.11 Å². The van der Waals surface area contributed by atoms with Crippen LogP contribution in [0, 0.1) is 11.3 Å². The number of benzene rings is 1. The minimum absolute atomic E-state index is 0.0482. The maximum Gasteiger partial charge on any atom is 0.349 e. The van der Waals surface area contributed by atoms with Gasteiger partial charge >= 0.3 is 5.97 Å². The number of esters is 1. The average Bonchev–Trinajstić information content (AvgIpc) is 2.38. The van der Waals surface area contributed by atoms with Gasteiger partial charge < -0.3 is 14.6 Å². The largest absolute Gasteiger partial charge is 0.503 e. The van der Waals surface area contributed by atoms with Crippen LogP contribution in [0.4, 0.5) is 0 Å². The van der Waals surface area contributed by atoms with Crippen LogP contribution < -0.4 is 4.74 Å². The second kappa shape index (κ2) is 6.96. The highest BCUT2D eigenvalue weighted by Gasteiger charge is 2.14. The molecule has 0 saturated carbocycles. The monoisotopic (exact) mass is 339 g/mol. The van der Waals surface area contributed by atoms with E-state index in [0.29, 0.717) is 10.0 Å². The Morgan fingerprint density at radius 3 is 2.65 bits per heavy atom. The zero-order valence-corrected chi connectivity index (χ0v) is 12.9. The number of carbonyl (C=O) groups excluding carboxylic acids is 1. The third kappa shape index (κ3) is 4.00. The van der Waals surface area contributed by atoms with Gasteiger partial charge in [-0.05, 0) is 53.5 Å². The van der Waals surface area contributed by atoms with Gasteiger partial charge in [0.2, 0.25) is 0 Å². The summed E-state index contributed by atoms with van der Waals surface area (Å²) in [5.41, 5.74) is 0.405. The Kier molecular flexibility index (Phi) is 5.59. The molecule has 0 fully saturated rings. The Labute approximate surface area is 125 Å². The fourth-order valence-electron chi connectivity index (χ4n) is 1.41. The van der Waals surface area contributed by atoms with Crippen molar-refractivity contribution < 1.29 is 19.4 Å². The molecule has 0 bridgehead atoms. The summed E-state index contributed by atoms with van der Waals surface area (Å²) in [4.78, 5) is 11.7. The number of phenolic OH excluding ortho intramolecular Hbond substituents is 1. The lowest BCUT2D eigenvalue weighted by Gasteiger charge is -2.08. The molecule has 20 heavy (non-hydrogen) atoms. The van der Waals surface area contributed by atoms with Gasteiger partial charge in [-0.1, -0.05) is 0 Å². The standard InChI is InChI=1S/C14H14BrNO4/c1-8(2)20-14(18)10(7-16)4-9-5-11(15)13(17)12(6-9)19-3/h4-6,8,17H,1-3H3. The molecule has 0 amide bonds. The first-order chi connectivity index (χ1) is 9.38. The van der Waals surface area contributed by atoms with Gasteiger partial charge in [0.25, 0.3) is 0 Å².